The summed E-state index contributed by atoms with van der Waals surface area (Å²) in [5.41, 5.74) is 1.09. The van der Waals surface area contributed by atoms with Gasteiger partial charge in [-0.1, -0.05) is 48.2 Å². The third-order valence-electron chi connectivity index (χ3n) is 4.98. The van der Waals surface area contributed by atoms with Crippen molar-refractivity contribution in [2.45, 2.75) is 16.5 Å². The molecule has 0 unspecified atom stereocenters. The minimum absolute atomic E-state index is 0.0388. The highest BCUT2D eigenvalue weighted by Gasteiger charge is 2.26. The lowest BCUT2D eigenvalue weighted by Crippen LogP contribution is -2.22. The van der Waals surface area contributed by atoms with E-state index in [1.54, 1.807) is 30.9 Å². The lowest BCUT2D eigenvalue weighted by molar-refractivity contribution is 0.0591. The maximum atomic E-state index is 12.6. The zero-order chi connectivity index (χ0) is 24.2. The van der Waals surface area contributed by atoms with E-state index < -0.39 is 5.97 Å². The maximum Gasteiger partial charge on any atom is 0.353 e. The second-order valence-electron chi connectivity index (χ2n) is 7.16. The molecule has 0 aliphatic heterocycles. The molecular weight excluding hydrogens is 458 g/mol. The third kappa shape index (κ3) is 4.42. The fraction of sp³-hybridized carbons (Fsp3) is 0.217. The number of esters is 1. The van der Waals surface area contributed by atoms with E-state index in [1.807, 2.05) is 42.5 Å². The Morgan fingerprint density at radius 3 is 2.38 bits per heavy atom. The van der Waals surface area contributed by atoms with E-state index in [2.05, 4.69) is 10.2 Å². The summed E-state index contributed by atoms with van der Waals surface area (Å²) in [6.07, 6.45) is 0. The number of hydrogen-bond acceptors (Lipinski definition) is 8. The van der Waals surface area contributed by atoms with Crippen LogP contribution in [0.15, 0.2) is 69.3 Å². The van der Waals surface area contributed by atoms with Crippen LogP contribution in [-0.4, -0.2) is 44.3 Å². The van der Waals surface area contributed by atoms with E-state index in [1.165, 1.54) is 35.2 Å². The van der Waals surface area contributed by atoms with Crippen molar-refractivity contribution in [1.29, 1.82) is 0 Å². The van der Waals surface area contributed by atoms with Crippen molar-refractivity contribution in [1.82, 2.24) is 24.1 Å². The molecule has 0 N–H and O–H groups in total. The van der Waals surface area contributed by atoms with E-state index >= 15 is 0 Å². The average Bonchev–Trinajstić information content (AvgIpc) is 3.32. The summed E-state index contributed by atoms with van der Waals surface area (Å²) in [7, 11) is 6.04. The minimum Gasteiger partial charge on any atom is -0.471 e. The van der Waals surface area contributed by atoms with Crippen LogP contribution in [-0.2, 0) is 25.4 Å². The Balaban J connectivity index is 1.69. The van der Waals surface area contributed by atoms with Crippen molar-refractivity contribution in [2.24, 2.45) is 14.1 Å². The van der Waals surface area contributed by atoms with Gasteiger partial charge in [0.25, 0.3) is 0 Å². The fourth-order valence-corrected chi connectivity index (χ4v) is 4.32. The highest BCUT2D eigenvalue weighted by atomic mass is 32.2. The first kappa shape index (κ1) is 23.2. The Hall–Kier alpha value is -3.99. The van der Waals surface area contributed by atoms with E-state index in [4.69, 9.17) is 14.2 Å². The Morgan fingerprint density at radius 2 is 1.68 bits per heavy atom. The molecule has 2 aromatic carbocycles. The van der Waals surface area contributed by atoms with Gasteiger partial charge in [0.15, 0.2) is 5.56 Å². The molecule has 0 aliphatic carbocycles. The highest BCUT2D eigenvalue weighted by molar-refractivity contribution is 7.99. The molecule has 176 valence electrons. The zero-order valence-corrected chi connectivity index (χ0v) is 19.9. The van der Waals surface area contributed by atoms with Crippen molar-refractivity contribution < 1.29 is 19.0 Å². The van der Waals surface area contributed by atoms with E-state index in [9.17, 15) is 9.59 Å². The molecule has 34 heavy (non-hydrogen) atoms. The molecule has 2 aromatic heterocycles. The van der Waals surface area contributed by atoms with Crippen LogP contribution in [0.5, 0.6) is 11.9 Å². The molecule has 10 nitrogen and oxygen atoms in total. The minimum atomic E-state index is -0.556. The monoisotopic (exact) mass is 481 g/mol. The quantitative estimate of drug-likeness (QED) is 0.354. The summed E-state index contributed by atoms with van der Waals surface area (Å²) in [5, 5.41) is 9.09. The van der Waals surface area contributed by atoms with Crippen LogP contribution >= 0.6 is 11.8 Å². The number of hydrogen-bond donors (Lipinski definition) is 0. The maximum absolute atomic E-state index is 12.6. The molecule has 0 saturated heterocycles. The van der Waals surface area contributed by atoms with Crippen molar-refractivity contribution in [3.63, 3.8) is 0 Å². The van der Waals surface area contributed by atoms with Gasteiger partial charge in [-0.25, -0.2) is 18.8 Å². The average molecular weight is 482 g/mol. The molecular formula is C23H23N5O5S. The number of aryl methyl sites for hydroxylation is 2. The highest BCUT2D eigenvalue weighted by Crippen LogP contribution is 2.35. The van der Waals surface area contributed by atoms with Gasteiger partial charge < -0.3 is 14.2 Å². The predicted octanol–water partition coefficient (Wildman–Crippen LogP) is 2.83. The summed E-state index contributed by atoms with van der Waals surface area (Å²) in [4.78, 5) is 26.2. The lowest BCUT2D eigenvalue weighted by Gasteiger charge is -2.11. The zero-order valence-electron chi connectivity index (χ0n) is 19.1. The summed E-state index contributed by atoms with van der Waals surface area (Å²) >= 11 is 1.38. The lowest BCUT2D eigenvalue weighted by atomic mass is 10.2. The van der Waals surface area contributed by atoms with Crippen LogP contribution in [0, 0.1) is 0 Å². The fourth-order valence-electron chi connectivity index (χ4n) is 3.36. The number of carbonyl (C=O) groups excluding carboxylic acids is 1. The Labute approximate surface area is 199 Å². The standard InChI is InChI=1S/C23H23N5O5S/c1-26-20(34-16-11-6-5-7-12-16)18(21(29)31-3)19(24-26)33-14-15-10-8-9-13-17(15)28-22(32-4)25-27(2)23(28)30/h5-13H,14H2,1-4H3. The van der Waals surface area contributed by atoms with Gasteiger partial charge in [-0.05, 0) is 18.2 Å². The molecule has 0 bridgehead atoms. The molecule has 0 spiro atoms. The molecule has 4 rings (SSSR count). The van der Waals surface area contributed by atoms with Gasteiger partial charge in [0.05, 0.1) is 19.9 Å². The third-order valence-corrected chi connectivity index (χ3v) is 6.15. The van der Waals surface area contributed by atoms with Gasteiger partial charge in [0, 0.05) is 24.6 Å². The van der Waals surface area contributed by atoms with Crippen LogP contribution in [0.25, 0.3) is 5.69 Å². The molecule has 2 heterocycles. The van der Waals surface area contributed by atoms with E-state index in [0.29, 0.717) is 16.3 Å². The van der Waals surface area contributed by atoms with Gasteiger partial charge in [0.2, 0.25) is 5.88 Å². The number of methoxy groups -OCH3 is 2. The topological polar surface area (TPSA) is 102 Å². The summed E-state index contributed by atoms with van der Waals surface area (Å²) in [5.74, 6) is -0.423. The van der Waals surface area contributed by atoms with Crippen LogP contribution in [0.1, 0.15) is 15.9 Å². The number of nitrogens with zero attached hydrogens (tertiary/aromatic N) is 5. The van der Waals surface area contributed by atoms with Gasteiger partial charge >= 0.3 is 17.7 Å². The van der Waals surface area contributed by atoms with Crippen LogP contribution in [0.3, 0.4) is 0 Å². The first-order valence-corrected chi connectivity index (χ1v) is 11.1. The van der Waals surface area contributed by atoms with Crippen molar-refractivity contribution in [2.75, 3.05) is 14.2 Å². The summed E-state index contributed by atoms with van der Waals surface area (Å²) < 4.78 is 20.4. The van der Waals surface area contributed by atoms with Gasteiger partial charge in [0.1, 0.15) is 11.6 Å². The number of carbonyl (C=O) groups is 1. The number of ether oxygens (including phenoxy) is 3. The Morgan fingerprint density at radius 1 is 0.971 bits per heavy atom. The molecule has 0 saturated carbocycles. The molecule has 0 atom stereocenters. The van der Waals surface area contributed by atoms with Gasteiger partial charge in [-0.3, -0.25) is 4.68 Å². The number of rotatable bonds is 8. The Kier molecular flexibility index (Phi) is 6.73. The summed E-state index contributed by atoms with van der Waals surface area (Å²) in [6.45, 7) is 0.0388. The molecule has 0 amide bonds. The number of para-hydroxylation sites is 1. The van der Waals surface area contributed by atoms with Gasteiger partial charge in [-0.2, -0.15) is 0 Å². The smallest absolute Gasteiger partial charge is 0.353 e. The number of benzene rings is 2. The van der Waals surface area contributed by atoms with E-state index in [0.717, 1.165) is 4.90 Å². The largest absolute Gasteiger partial charge is 0.471 e. The van der Waals surface area contributed by atoms with Crippen molar-refractivity contribution in [3.8, 4) is 17.6 Å². The predicted molar refractivity (Wildman–Crippen MR) is 125 cm³/mol. The van der Waals surface area contributed by atoms with Crippen LogP contribution in [0.4, 0.5) is 0 Å². The van der Waals surface area contributed by atoms with E-state index in [-0.39, 0.29) is 29.8 Å². The molecule has 0 fully saturated rings. The van der Waals surface area contributed by atoms with Crippen LogP contribution in [0.2, 0.25) is 0 Å². The SMILES string of the molecule is COC(=O)c1c(OCc2ccccc2-n2c(OC)nn(C)c2=O)nn(C)c1Sc1ccccc1. The van der Waals surface area contributed by atoms with Crippen LogP contribution < -0.4 is 15.2 Å². The van der Waals surface area contributed by atoms with Gasteiger partial charge in [-0.15, -0.1) is 10.2 Å². The second-order valence-corrected chi connectivity index (χ2v) is 8.22. The molecule has 0 radical (unpaired) electrons. The second kappa shape index (κ2) is 9.87. The Bertz CT molecular complexity index is 1380. The summed E-state index contributed by atoms with van der Waals surface area (Å²) in [6, 6.07) is 17.0. The molecule has 11 heteroatoms. The molecule has 4 aromatic rings. The van der Waals surface area contributed by atoms with Crippen molar-refractivity contribution in [3.05, 3.63) is 76.2 Å². The number of aromatic nitrogens is 5. The molecule has 0 aliphatic rings. The normalized spacial score (nSPS) is 10.8. The first-order valence-electron chi connectivity index (χ1n) is 10.2. The first-order chi connectivity index (χ1) is 16.4. The van der Waals surface area contributed by atoms with Crippen molar-refractivity contribution >= 4 is 17.7 Å².